The molecule has 2 N–H and O–H groups in total. The molecule has 110 valence electrons. The van der Waals surface area contributed by atoms with E-state index in [0.29, 0.717) is 32.5 Å². The quantitative estimate of drug-likeness (QED) is 0.649. The van der Waals surface area contributed by atoms with Crippen LogP contribution in [0.1, 0.15) is 32.6 Å². The van der Waals surface area contributed by atoms with Gasteiger partial charge in [-0.2, -0.15) is 0 Å². The van der Waals surface area contributed by atoms with Crippen molar-refractivity contribution in [1.29, 1.82) is 0 Å². The molecular weight excluding hydrogens is 262 g/mol. The van der Waals surface area contributed by atoms with Gasteiger partial charge in [-0.1, -0.05) is 0 Å². The standard InChI is InChI=1S/C13H19N3O4/c1-12(3-2-8-20-12)10(18)16-6-4-13(5-7-16)9(17)14-11(19)15-13/h2-8H2,1H3,(H2,14,15,17,19). The van der Waals surface area contributed by atoms with Gasteiger partial charge < -0.3 is 15.0 Å². The Kier molecular flexibility index (Phi) is 2.97. The zero-order chi connectivity index (χ0) is 14.4. The fourth-order valence-corrected chi connectivity index (χ4v) is 3.25. The molecule has 1 unspecified atom stereocenters. The van der Waals surface area contributed by atoms with Crippen LogP contribution < -0.4 is 10.6 Å². The fourth-order valence-electron chi connectivity index (χ4n) is 3.25. The van der Waals surface area contributed by atoms with E-state index in [1.165, 1.54) is 0 Å². The molecule has 0 aliphatic carbocycles. The van der Waals surface area contributed by atoms with Gasteiger partial charge in [-0.25, -0.2) is 4.79 Å². The van der Waals surface area contributed by atoms with Crippen molar-refractivity contribution in [3.05, 3.63) is 0 Å². The van der Waals surface area contributed by atoms with Gasteiger partial charge in [0.25, 0.3) is 11.8 Å². The number of piperidine rings is 1. The van der Waals surface area contributed by atoms with Gasteiger partial charge in [0.1, 0.15) is 11.1 Å². The topological polar surface area (TPSA) is 87.7 Å². The van der Waals surface area contributed by atoms with Crippen LogP contribution in [0.4, 0.5) is 4.79 Å². The average Bonchev–Trinajstić information content (AvgIpc) is 2.96. The number of hydrogen-bond donors (Lipinski definition) is 2. The summed E-state index contributed by atoms with van der Waals surface area (Å²) in [6, 6.07) is -0.444. The van der Waals surface area contributed by atoms with Crippen molar-refractivity contribution in [1.82, 2.24) is 15.5 Å². The highest BCUT2D eigenvalue weighted by molar-refractivity contribution is 6.07. The third kappa shape index (κ3) is 1.96. The molecule has 3 fully saturated rings. The average molecular weight is 281 g/mol. The zero-order valence-corrected chi connectivity index (χ0v) is 11.5. The maximum atomic E-state index is 12.5. The molecular formula is C13H19N3O4. The van der Waals surface area contributed by atoms with E-state index in [2.05, 4.69) is 10.6 Å². The molecule has 20 heavy (non-hydrogen) atoms. The molecule has 3 rings (SSSR count). The van der Waals surface area contributed by atoms with Crippen LogP contribution in [0.25, 0.3) is 0 Å². The summed E-state index contributed by atoms with van der Waals surface area (Å²) in [6.07, 6.45) is 2.54. The van der Waals surface area contributed by atoms with E-state index < -0.39 is 17.2 Å². The van der Waals surface area contributed by atoms with Crippen LogP contribution in [0, 0.1) is 0 Å². The van der Waals surface area contributed by atoms with Gasteiger partial charge in [0.05, 0.1) is 0 Å². The summed E-state index contributed by atoms with van der Waals surface area (Å²) in [7, 11) is 0. The normalized spacial score (nSPS) is 32.4. The molecule has 0 saturated carbocycles. The molecule has 3 heterocycles. The van der Waals surface area contributed by atoms with Crippen molar-refractivity contribution >= 4 is 17.8 Å². The first-order valence-corrected chi connectivity index (χ1v) is 7.02. The van der Waals surface area contributed by atoms with Crippen LogP contribution >= 0.6 is 0 Å². The minimum atomic E-state index is -0.828. The predicted molar refractivity (Wildman–Crippen MR) is 68.8 cm³/mol. The molecule has 0 radical (unpaired) electrons. The van der Waals surface area contributed by atoms with Gasteiger partial charge in [0.15, 0.2) is 0 Å². The van der Waals surface area contributed by atoms with Crippen molar-refractivity contribution < 1.29 is 19.1 Å². The molecule has 0 aromatic carbocycles. The van der Waals surface area contributed by atoms with Gasteiger partial charge in [-0.15, -0.1) is 0 Å². The summed E-state index contributed by atoms with van der Waals surface area (Å²) in [5.74, 6) is -0.285. The van der Waals surface area contributed by atoms with E-state index in [1.54, 1.807) is 4.90 Å². The molecule has 3 saturated heterocycles. The lowest BCUT2D eigenvalue weighted by atomic mass is 9.87. The lowest BCUT2D eigenvalue weighted by Crippen LogP contribution is -2.58. The largest absolute Gasteiger partial charge is 0.365 e. The summed E-state index contributed by atoms with van der Waals surface area (Å²) in [5, 5.41) is 4.96. The molecule has 0 bridgehead atoms. The highest BCUT2D eigenvalue weighted by Crippen LogP contribution is 2.31. The number of imide groups is 1. The number of urea groups is 1. The number of nitrogens with one attached hydrogen (secondary N) is 2. The van der Waals surface area contributed by atoms with E-state index in [9.17, 15) is 14.4 Å². The van der Waals surface area contributed by atoms with E-state index in [0.717, 1.165) is 12.8 Å². The Labute approximate surface area is 117 Å². The highest BCUT2D eigenvalue weighted by atomic mass is 16.5. The Morgan fingerprint density at radius 1 is 1.25 bits per heavy atom. The van der Waals surface area contributed by atoms with Crippen LogP contribution in [0.5, 0.6) is 0 Å². The third-order valence-corrected chi connectivity index (χ3v) is 4.59. The second-order valence-corrected chi connectivity index (χ2v) is 5.97. The predicted octanol–water partition coefficient (Wildman–Crippen LogP) is -0.244. The summed E-state index contributed by atoms with van der Waals surface area (Å²) in [6.45, 7) is 3.38. The van der Waals surface area contributed by atoms with Crippen LogP contribution in [-0.4, -0.2) is 53.6 Å². The zero-order valence-electron chi connectivity index (χ0n) is 11.5. The van der Waals surface area contributed by atoms with Crippen molar-refractivity contribution in [2.45, 2.75) is 43.7 Å². The first-order chi connectivity index (χ1) is 9.45. The van der Waals surface area contributed by atoms with Crippen LogP contribution in [0.15, 0.2) is 0 Å². The minimum Gasteiger partial charge on any atom is -0.365 e. The third-order valence-electron chi connectivity index (χ3n) is 4.59. The first-order valence-electron chi connectivity index (χ1n) is 7.02. The molecule has 0 aromatic rings. The Bertz CT molecular complexity index is 462. The Morgan fingerprint density at radius 3 is 2.45 bits per heavy atom. The highest BCUT2D eigenvalue weighted by Gasteiger charge is 2.50. The minimum absolute atomic E-state index is 0.00502. The van der Waals surface area contributed by atoms with Crippen LogP contribution in [-0.2, 0) is 14.3 Å². The summed E-state index contributed by atoms with van der Waals surface area (Å²) >= 11 is 0. The smallest absolute Gasteiger partial charge is 0.322 e. The Hall–Kier alpha value is -1.63. The number of nitrogens with zero attached hydrogens (tertiary/aromatic N) is 1. The van der Waals surface area contributed by atoms with Gasteiger partial charge in [-0.05, 0) is 32.6 Å². The lowest BCUT2D eigenvalue weighted by molar-refractivity contribution is -0.153. The Morgan fingerprint density at radius 2 is 1.95 bits per heavy atom. The van der Waals surface area contributed by atoms with Crippen molar-refractivity contribution in [3.8, 4) is 0 Å². The van der Waals surface area contributed by atoms with Crippen molar-refractivity contribution in [2.75, 3.05) is 19.7 Å². The number of carbonyl (C=O) groups is 3. The number of rotatable bonds is 1. The molecule has 1 spiro atoms. The van der Waals surface area contributed by atoms with Gasteiger partial charge in [-0.3, -0.25) is 14.9 Å². The molecule has 3 aliphatic heterocycles. The van der Waals surface area contributed by atoms with Crippen molar-refractivity contribution in [3.63, 3.8) is 0 Å². The monoisotopic (exact) mass is 281 g/mol. The van der Waals surface area contributed by atoms with Gasteiger partial charge >= 0.3 is 6.03 Å². The van der Waals surface area contributed by atoms with E-state index in [4.69, 9.17) is 4.74 Å². The maximum Gasteiger partial charge on any atom is 0.322 e. The molecule has 3 aliphatic rings. The van der Waals surface area contributed by atoms with E-state index >= 15 is 0 Å². The number of amides is 4. The summed E-state index contributed by atoms with van der Waals surface area (Å²) in [4.78, 5) is 37.3. The summed E-state index contributed by atoms with van der Waals surface area (Å²) in [5.41, 5.74) is -1.54. The molecule has 0 aromatic heterocycles. The number of carbonyl (C=O) groups excluding carboxylic acids is 3. The molecule has 1 atom stereocenters. The van der Waals surface area contributed by atoms with Crippen LogP contribution in [0.3, 0.4) is 0 Å². The van der Waals surface area contributed by atoms with Gasteiger partial charge in [0.2, 0.25) is 0 Å². The lowest BCUT2D eigenvalue weighted by Gasteiger charge is -2.39. The second-order valence-electron chi connectivity index (χ2n) is 5.97. The maximum absolute atomic E-state index is 12.5. The number of likely N-dealkylation sites (tertiary alicyclic amines) is 1. The fraction of sp³-hybridized carbons (Fsp3) is 0.769. The Balaban J connectivity index is 1.65. The second kappa shape index (κ2) is 4.44. The van der Waals surface area contributed by atoms with E-state index in [1.807, 2.05) is 6.92 Å². The SMILES string of the molecule is CC1(C(=O)N2CCC3(CC2)NC(=O)NC3=O)CCCO1. The van der Waals surface area contributed by atoms with Crippen LogP contribution in [0.2, 0.25) is 0 Å². The van der Waals surface area contributed by atoms with E-state index in [-0.39, 0.29) is 11.8 Å². The molecule has 7 nitrogen and oxygen atoms in total. The molecule has 7 heteroatoms. The summed E-state index contributed by atoms with van der Waals surface area (Å²) < 4.78 is 5.57. The number of ether oxygens (including phenoxy) is 1. The first kappa shape index (κ1) is 13.4. The van der Waals surface area contributed by atoms with Gasteiger partial charge in [0, 0.05) is 19.7 Å². The number of hydrogen-bond acceptors (Lipinski definition) is 4. The molecule has 4 amide bonds. The van der Waals surface area contributed by atoms with Crippen molar-refractivity contribution in [2.24, 2.45) is 0 Å².